The second-order valence-corrected chi connectivity index (χ2v) is 6.23. The number of pyridine rings is 1. The molecule has 1 amide bonds. The van der Waals surface area contributed by atoms with Crippen LogP contribution in [-0.4, -0.2) is 52.8 Å². The number of hydrogen-bond donors (Lipinski definition) is 1. The number of carbonyl (C=O) groups is 1. The number of halogens is 3. The standard InChI is InChI=1S/C16H19F3N2O3/c17-16(18,19)14-5-4-10(8-20-14)15(23)21-6-7-24-9-12(21)11-2-1-3-13(11)22/h4-5,8,11-13,22H,1-3,6-7,9H2/t11-,12+,13+/m0/s1. The minimum atomic E-state index is -4.53. The largest absolute Gasteiger partial charge is 0.433 e. The third-order valence-electron chi connectivity index (χ3n) is 4.75. The van der Waals surface area contributed by atoms with Crippen LogP contribution in [0.4, 0.5) is 13.2 Å². The van der Waals surface area contributed by atoms with E-state index in [1.807, 2.05) is 0 Å². The predicted octanol–water partition coefficient (Wildman–Crippen LogP) is 2.10. The molecule has 24 heavy (non-hydrogen) atoms. The highest BCUT2D eigenvalue weighted by Crippen LogP contribution is 2.33. The minimum absolute atomic E-state index is 0.0587. The normalized spacial score (nSPS) is 28.2. The van der Waals surface area contributed by atoms with Crippen molar-refractivity contribution in [1.29, 1.82) is 0 Å². The van der Waals surface area contributed by atoms with Crippen LogP contribution >= 0.6 is 0 Å². The summed E-state index contributed by atoms with van der Waals surface area (Å²) in [6.45, 7) is 1.06. The number of amides is 1. The number of ether oxygens (including phenoxy) is 1. The quantitative estimate of drug-likeness (QED) is 0.893. The molecule has 1 aliphatic carbocycles. The first-order valence-corrected chi connectivity index (χ1v) is 7.98. The maximum atomic E-state index is 12.7. The van der Waals surface area contributed by atoms with Crippen molar-refractivity contribution in [3.05, 3.63) is 29.6 Å². The van der Waals surface area contributed by atoms with E-state index in [2.05, 4.69) is 4.98 Å². The third-order valence-corrected chi connectivity index (χ3v) is 4.75. The Morgan fingerprint density at radius 3 is 2.71 bits per heavy atom. The Kier molecular flexibility index (Phi) is 4.78. The van der Waals surface area contributed by atoms with Crippen molar-refractivity contribution >= 4 is 5.91 Å². The molecule has 1 aromatic rings. The van der Waals surface area contributed by atoms with Crippen molar-refractivity contribution in [3.63, 3.8) is 0 Å². The molecule has 1 N–H and O–H groups in total. The lowest BCUT2D eigenvalue weighted by molar-refractivity contribution is -0.141. The van der Waals surface area contributed by atoms with Gasteiger partial charge < -0.3 is 14.7 Å². The Morgan fingerprint density at radius 1 is 1.33 bits per heavy atom. The van der Waals surface area contributed by atoms with Gasteiger partial charge in [-0.05, 0) is 25.0 Å². The number of hydrogen-bond acceptors (Lipinski definition) is 4. The summed E-state index contributed by atoms with van der Waals surface area (Å²) in [4.78, 5) is 17.7. The van der Waals surface area contributed by atoms with Crippen molar-refractivity contribution in [2.45, 2.75) is 37.6 Å². The van der Waals surface area contributed by atoms with Crippen molar-refractivity contribution in [2.24, 2.45) is 5.92 Å². The fourth-order valence-corrected chi connectivity index (χ4v) is 3.50. The van der Waals surface area contributed by atoms with Crippen molar-refractivity contribution in [1.82, 2.24) is 9.88 Å². The summed E-state index contributed by atoms with van der Waals surface area (Å²) in [6.07, 6.45) is -1.64. The van der Waals surface area contributed by atoms with E-state index in [-0.39, 0.29) is 23.4 Å². The molecule has 1 aromatic heterocycles. The molecule has 1 aliphatic heterocycles. The minimum Gasteiger partial charge on any atom is -0.393 e. The van der Waals surface area contributed by atoms with E-state index < -0.39 is 18.0 Å². The maximum absolute atomic E-state index is 12.7. The molecule has 0 aromatic carbocycles. The van der Waals surface area contributed by atoms with Gasteiger partial charge in [-0.1, -0.05) is 6.42 Å². The van der Waals surface area contributed by atoms with Gasteiger partial charge in [-0.3, -0.25) is 9.78 Å². The van der Waals surface area contributed by atoms with Crippen molar-refractivity contribution < 1.29 is 27.8 Å². The number of aliphatic hydroxyl groups excluding tert-OH is 1. The first-order valence-electron chi connectivity index (χ1n) is 7.98. The van der Waals surface area contributed by atoms with Gasteiger partial charge in [0, 0.05) is 18.7 Å². The molecule has 3 atom stereocenters. The smallest absolute Gasteiger partial charge is 0.393 e. The van der Waals surface area contributed by atoms with Crippen LogP contribution in [0.1, 0.15) is 35.3 Å². The number of carbonyl (C=O) groups excluding carboxylic acids is 1. The van der Waals surface area contributed by atoms with Crippen LogP contribution < -0.4 is 0 Å². The van der Waals surface area contributed by atoms with Crippen molar-refractivity contribution in [3.8, 4) is 0 Å². The summed E-state index contributed by atoms with van der Waals surface area (Å²) < 4.78 is 43.2. The van der Waals surface area contributed by atoms with E-state index in [1.54, 1.807) is 4.90 Å². The van der Waals surface area contributed by atoms with E-state index in [9.17, 15) is 23.1 Å². The highest BCUT2D eigenvalue weighted by Gasteiger charge is 2.40. The molecular formula is C16H19F3N2O3. The van der Waals surface area contributed by atoms with Crippen molar-refractivity contribution in [2.75, 3.05) is 19.8 Å². The van der Waals surface area contributed by atoms with E-state index in [1.165, 1.54) is 0 Å². The number of nitrogens with zero attached hydrogens (tertiary/aromatic N) is 2. The van der Waals surface area contributed by atoms with Crippen LogP contribution in [0.3, 0.4) is 0 Å². The fourth-order valence-electron chi connectivity index (χ4n) is 3.50. The molecular weight excluding hydrogens is 325 g/mol. The molecule has 2 aliphatic rings. The number of alkyl halides is 3. The average molecular weight is 344 g/mol. The van der Waals surface area contributed by atoms with Crippen LogP contribution in [-0.2, 0) is 10.9 Å². The highest BCUT2D eigenvalue weighted by atomic mass is 19.4. The van der Waals surface area contributed by atoms with Gasteiger partial charge in [0.05, 0.1) is 30.9 Å². The summed E-state index contributed by atoms with van der Waals surface area (Å²) in [5.41, 5.74) is -0.911. The lowest BCUT2D eigenvalue weighted by atomic mass is 9.94. The molecule has 0 spiro atoms. The molecule has 2 heterocycles. The molecule has 0 radical (unpaired) electrons. The molecule has 0 unspecified atom stereocenters. The zero-order chi connectivity index (χ0) is 17.3. The first-order chi connectivity index (χ1) is 11.4. The number of aromatic nitrogens is 1. The van der Waals surface area contributed by atoms with Gasteiger partial charge in [0.15, 0.2) is 0 Å². The van der Waals surface area contributed by atoms with E-state index in [4.69, 9.17) is 4.74 Å². The van der Waals surface area contributed by atoms with Gasteiger partial charge in [-0.2, -0.15) is 13.2 Å². The molecule has 0 bridgehead atoms. The average Bonchev–Trinajstić information content (AvgIpc) is 2.99. The Morgan fingerprint density at radius 2 is 2.12 bits per heavy atom. The van der Waals surface area contributed by atoms with Crippen LogP contribution in [0.25, 0.3) is 0 Å². The number of rotatable bonds is 2. The Balaban J connectivity index is 1.79. The Hall–Kier alpha value is -1.67. The molecule has 5 nitrogen and oxygen atoms in total. The maximum Gasteiger partial charge on any atom is 0.433 e. The van der Waals surface area contributed by atoms with E-state index in [0.29, 0.717) is 26.2 Å². The third kappa shape index (κ3) is 3.39. The van der Waals surface area contributed by atoms with Gasteiger partial charge in [-0.15, -0.1) is 0 Å². The van der Waals surface area contributed by atoms with E-state index >= 15 is 0 Å². The lowest BCUT2D eigenvalue weighted by Crippen LogP contribution is -2.53. The van der Waals surface area contributed by atoms with Gasteiger partial charge in [0.1, 0.15) is 5.69 Å². The van der Waals surface area contributed by atoms with Gasteiger partial charge in [0.2, 0.25) is 0 Å². The highest BCUT2D eigenvalue weighted by molar-refractivity contribution is 5.94. The molecule has 2 fully saturated rings. The summed E-state index contributed by atoms with van der Waals surface area (Å²) in [7, 11) is 0. The SMILES string of the molecule is O=C(c1ccc(C(F)(F)F)nc1)N1CCOC[C@@H]1[C@@H]1CCC[C@H]1O. The van der Waals surface area contributed by atoms with Crippen LogP contribution in [0.15, 0.2) is 18.3 Å². The van der Waals surface area contributed by atoms with Gasteiger partial charge in [-0.25, -0.2) is 0 Å². The molecule has 132 valence electrons. The predicted molar refractivity (Wildman–Crippen MR) is 78.2 cm³/mol. The lowest BCUT2D eigenvalue weighted by Gasteiger charge is -2.40. The molecule has 8 heteroatoms. The van der Waals surface area contributed by atoms with Crippen LogP contribution in [0.2, 0.25) is 0 Å². The second-order valence-electron chi connectivity index (χ2n) is 6.23. The van der Waals surface area contributed by atoms with Gasteiger partial charge >= 0.3 is 6.18 Å². The van der Waals surface area contributed by atoms with E-state index in [0.717, 1.165) is 31.2 Å². The zero-order valence-electron chi connectivity index (χ0n) is 13.0. The topological polar surface area (TPSA) is 62.7 Å². The fraction of sp³-hybridized carbons (Fsp3) is 0.625. The molecule has 1 saturated carbocycles. The van der Waals surface area contributed by atoms with Crippen LogP contribution in [0, 0.1) is 5.92 Å². The summed E-state index contributed by atoms with van der Waals surface area (Å²) >= 11 is 0. The summed E-state index contributed by atoms with van der Waals surface area (Å²) in [6, 6.07) is 1.70. The monoisotopic (exact) mass is 344 g/mol. The molecule has 1 saturated heterocycles. The van der Waals surface area contributed by atoms with Gasteiger partial charge in [0.25, 0.3) is 5.91 Å². The number of aliphatic hydroxyl groups is 1. The summed E-state index contributed by atoms with van der Waals surface area (Å²) in [5.74, 6) is -0.430. The zero-order valence-corrected chi connectivity index (χ0v) is 13.0. The Bertz CT molecular complexity index is 591. The summed E-state index contributed by atoms with van der Waals surface area (Å²) in [5, 5.41) is 10.1. The number of morpholine rings is 1. The molecule has 3 rings (SSSR count). The Labute approximate surface area is 137 Å². The first kappa shape index (κ1) is 17.2. The second kappa shape index (κ2) is 6.68. The van der Waals surface area contributed by atoms with Crippen LogP contribution in [0.5, 0.6) is 0 Å².